The van der Waals surface area contributed by atoms with Crippen molar-refractivity contribution < 1.29 is 4.74 Å². The van der Waals surface area contributed by atoms with Crippen molar-refractivity contribution in [1.29, 1.82) is 0 Å². The van der Waals surface area contributed by atoms with Crippen LogP contribution in [0.1, 0.15) is 31.4 Å². The Morgan fingerprint density at radius 3 is 2.89 bits per heavy atom. The van der Waals surface area contributed by atoms with Crippen LogP contribution in [-0.2, 0) is 0 Å². The number of aromatic nitrogens is 2. The lowest BCUT2D eigenvalue weighted by Gasteiger charge is -2.31. The van der Waals surface area contributed by atoms with Crippen LogP contribution in [0.15, 0.2) is 25.0 Å². The average molecular weight is 261 g/mol. The van der Waals surface area contributed by atoms with E-state index in [2.05, 4.69) is 21.4 Å². The Kier molecular flexibility index (Phi) is 5.33. The zero-order chi connectivity index (χ0) is 13.5. The van der Waals surface area contributed by atoms with Gasteiger partial charge in [-0.1, -0.05) is 6.08 Å². The van der Waals surface area contributed by atoms with E-state index in [-0.39, 0.29) is 6.10 Å². The molecular weight excluding hydrogens is 238 g/mol. The highest BCUT2D eigenvalue weighted by molar-refractivity contribution is 5.07. The van der Waals surface area contributed by atoms with E-state index in [0.717, 1.165) is 38.0 Å². The van der Waals surface area contributed by atoms with E-state index in [0.29, 0.717) is 5.88 Å². The number of nitrogens with zero attached hydrogens (tertiary/aromatic N) is 3. The molecule has 0 N–H and O–H groups in total. The average Bonchev–Trinajstić information content (AvgIpc) is 2.41. The standard InChI is InChI=1S/C15H23N3O/c1-3-4-5-8-18-9-6-14(7-10-18)19-15-12-16-11-13(2)17-15/h3,11-12,14H,1,4-10H2,2H3. The quantitative estimate of drug-likeness (QED) is 0.583. The Morgan fingerprint density at radius 1 is 1.42 bits per heavy atom. The maximum Gasteiger partial charge on any atom is 0.232 e. The first-order valence-corrected chi connectivity index (χ1v) is 7.06. The highest BCUT2D eigenvalue weighted by Crippen LogP contribution is 2.17. The predicted octanol–water partition coefficient (Wildman–Crippen LogP) is 2.59. The normalized spacial score (nSPS) is 17.3. The number of aryl methyl sites for hydroxylation is 1. The highest BCUT2D eigenvalue weighted by Gasteiger charge is 2.20. The summed E-state index contributed by atoms with van der Waals surface area (Å²) in [6, 6.07) is 0. The van der Waals surface area contributed by atoms with Crippen LogP contribution in [0.25, 0.3) is 0 Å². The van der Waals surface area contributed by atoms with Crippen molar-refractivity contribution in [2.24, 2.45) is 0 Å². The maximum absolute atomic E-state index is 5.89. The van der Waals surface area contributed by atoms with Gasteiger partial charge in [-0.25, -0.2) is 4.98 Å². The van der Waals surface area contributed by atoms with E-state index in [1.807, 2.05) is 13.0 Å². The Bertz CT molecular complexity index is 400. The molecule has 0 atom stereocenters. The minimum atomic E-state index is 0.284. The van der Waals surface area contributed by atoms with Gasteiger partial charge in [0.05, 0.1) is 11.9 Å². The molecule has 1 saturated heterocycles. The molecule has 1 aromatic heterocycles. The molecule has 0 unspecified atom stereocenters. The molecule has 0 bridgehead atoms. The molecule has 0 radical (unpaired) electrons. The summed E-state index contributed by atoms with van der Waals surface area (Å²) < 4.78 is 5.89. The van der Waals surface area contributed by atoms with Gasteiger partial charge in [-0.15, -0.1) is 6.58 Å². The number of unbranched alkanes of at least 4 members (excludes halogenated alkanes) is 1. The smallest absolute Gasteiger partial charge is 0.232 e. The predicted molar refractivity (Wildman–Crippen MR) is 76.3 cm³/mol. The summed E-state index contributed by atoms with van der Waals surface area (Å²) in [4.78, 5) is 11.0. The summed E-state index contributed by atoms with van der Waals surface area (Å²) >= 11 is 0. The van der Waals surface area contributed by atoms with Crippen LogP contribution in [0.4, 0.5) is 0 Å². The first-order valence-electron chi connectivity index (χ1n) is 7.06. The Hall–Kier alpha value is -1.42. The number of ether oxygens (including phenoxy) is 1. The molecule has 104 valence electrons. The third-order valence-electron chi connectivity index (χ3n) is 3.44. The molecular formula is C15H23N3O. The van der Waals surface area contributed by atoms with Crippen LogP contribution >= 0.6 is 0 Å². The summed E-state index contributed by atoms with van der Waals surface area (Å²) in [5.74, 6) is 0.658. The Labute approximate surface area is 115 Å². The van der Waals surface area contributed by atoms with Crippen LogP contribution < -0.4 is 4.74 Å². The fourth-order valence-electron chi connectivity index (χ4n) is 2.38. The fourth-order valence-corrected chi connectivity index (χ4v) is 2.38. The summed E-state index contributed by atoms with van der Waals surface area (Å²) in [5, 5.41) is 0. The Balaban J connectivity index is 1.72. The van der Waals surface area contributed by atoms with Gasteiger partial charge in [-0.3, -0.25) is 4.98 Å². The molecule has 2 heterocycles. The first-order chi connectivity index (χ1) is 9.28. The van der Waals surface area contributed by atoms with Gasteiger partial charge in [0.15, 0.2) is 0 Å². The molecule has 1 aliphatic rings. The summed E-state index contributed by atoms with van der Waals surface area (Å²) in [5.41, 5.74) is 0.902. The molecule has 1 fully saturated rings. The molecule has 1 aromatic rings. The largest absolute Gasteiger partial charge is 0.473 e. The zero-order valence-corrected chi connectivity index (χ0v) is 11.7. The lowest BCUT2D eigenvalue weighted by atomic mass is 10.1. The van der Waals surface area contributed by atoms with Gasteiger partial charge in [0.25, 0.3) is 0 Å². The second-order valence-corrected chi connectivity index (χ2v) is 5.09. The fraction of sp³-hybridized carbons (Fsp3) is 0.600. The SMILES string of the molecule is C=CCCCN1CCC(Oc2cncc(C)n2)CC1. The minimum absolute atomic E-state index is 0.284. The maximum atomic E-state index is 5.89. The van der Waals surface area contributed by atoms with Crippen molar-refractivity contribution >= 4 is 0 Å². The summed E-state index contributed by atoms with van der Waals surface area (Å²) in [7, 11) is 0. The van der Waals surface area contributed by atoms with Crippen molar-refractivity contribution in [1.82, 2.24) is 14.9 Å². The van der Waals surface area contributed by atoms with E-state index in [1.165, 1.54) is 13.0 Å². The third-order valence-corrected chi connectivity index (χ3v) is 3.44. The molecule has 19 heavy (non-hydrogen) atoms. The van der Waals surface area contributed by atoms with Crippen molar-refractivity contribution in [2.75, 3.05) is 19.6 Å². The number of rotatable bonds is 6. The van der Waals surface area contributed by atoms with E-state index in [1.54, 1.807) is 12.4 Å². The van der Waals surface area contributed by atoms with Crippen LogP contribution in [0.2, 0.25) is 0 Å². The molecule has 4 heteroatoms. The van der Waals surface area contributed by atoms with E-state index >= 15 is 0 Å². The van der Waals surface area contributed by atoms with Crippen molar-refractivity contribution in [3.05, 3.63) is 30.7 Å². The number of hydrogen-bond acceptors (Lipinski definition) is 4. The van der Waals surface area contributed by atoms with Gasteiger partial charge in [0.2, 0.25) is 5.88 Å². The molecule has 1 aliphatic heterocycles. The van der Waals surface area contributed by atoms with Gasteiger partial charge in [-0.05, 0) is 39.2 Å². The first kappa shape index (κ1) is 14.0. The minimum Gasteiger partial charge on any atom is -0.473 e. The molecule has 0 saturated carbocycles. The van der Waals surface area contributed by atoms with Gasteiger partial charge < -0.3 is 9.64 Å². The highest BCUT2D eigenvalue weighted by atomic mass is 16.5. The summed E-state index contributed by atoms with van der Waals surface area (Å²) in [6.07, 6.45) is 10.2. The van der Waals surface area contributed by atoms with E-state index in [9.17, 15) is 0 Å². The zero-order valence-electron chi connectivity index (χ0n) is 11.7. The van der Waals surface area contributed by atoms with Crippen molar-refractivity contribution in [2.45, 2.75) is 38.7 Å². The van der Waals surface area contributed by atoms with E-state index < -0.39 is 0 Å². The van der Waals surface area contributed by atoms with Crippen molar-refractivity contribution in [3.8, 4) is 5.88 Å². The monoisotopic (exact) mass is 261 g/mol. The molecule has 4 nitrogen and oxygen atoms in total. The van der Waals surface area contributed by atoms with Gasteiger partial charge in [0.1, 0.15) is 6.10 Å². The van der Waals surface area contributed by atoms with Crippen LogP contribution in [0, 0.1) is 6.92 Å². The number of allylic oxidation sites excluding steroid dienone is 1. The van der Waals surface area contributed by atoms with E-state index in [4.69, 9.17) is 4.74 Å². The second kappa shape index (κ2) is 7.24. The van der Waals surface area contributed by atoms with Crippen LogP contribution in [-0.4, -0.2) is 40.6 Å². The molecule has 0 spiro atoms. The number of hydrogen-bond donors (Lipinski definition) is 0. The van der Waals surface area contributed by atoms with Gasteiger partial charge >= 0.3 is 0 Å². The molecule has 0 aliphatic carbocycles. The number of piperidine rings is 1. The van der Waals surface area contributed by atoms with Crippen LogP contribution in [0.3, 0.4) is 0 Å². The Morgan fingerprint density at radius 2 is 2.21 bits per heavy atom. The topological polar surface area (TPSA) is 38.2 Å². The lowest BCUT2D eigenvalue weighted by Crippen LogP contribution is -2.38. The molecule has 2 rings (SSSR count). The summed E-state index contributed by atoms with van der Waals surface area (Å²) in [6.45, 7) is 9.08. The third kappa shape index (κ3) is 4.63. The van der Waals surface area contributed by atoms with Gasteiger partial charge in [0, 0.05) is 19.3 Å². The van der Waals surface area contributed by atoms with Crippen molar-refractivity contribution in [3.63, 3.8) is 0 Å². The lowest BCUT2D eigenvalue weighted by molar-refractivity contribution is 0.0959. The van der Waals surface area contributed by atoms with Gasteiger partial charge in [-0.2, -0.15) is 0 Å². The van der Waals surface area contributed by atoms with Crippen LogP contribution in [0.5, 0.6) is 5.88 Å². The molecule has 0 aromatic carbocycles. The number of likely N-dealkylation sites (tertiary alicyclic amines) is 1. The molecule has 0 amide bonds. The second-order valence-electron chi connectivity index (χ2n) is 5.09.